The van der Waals surface area contributed by atoms with Crippen LogP contribution in [0.25, 0.3) is 10.9 Å². The van der Waals surface area contributed by atoms with Crippen molar-refractivity contribution in [3.63, 3.8) is 0 Å². The summed E-state index contributed by atoms with van der Waals surface area (Å²) in [4.78, 5) is 18.3. The molecule has 5 heteroatoms. The van der Waals surface area contributed by atoms with Gasteiger partial charge in [0.2, 0.25) is 5.91 Å². The van der Waals surface area contributed by atoms with Crippen molar-refractivity contribution in [2.45, 2.75) is 38.3 Å². The third-order valence-electron chi connectivity index (χ3n) is 5.26. The second-order valence-corrected chi connectivity index (χ2v) is 6.61. The Morgan fingerprint density at radius 3 is 3.12 bits per heavy atom. The number of para-hydroxylation sites is 1. The van der Waals surface area contributed by atoms with Gasteiger partial charge in [0.25, 0.3) is 0 Å². The van der Waals surface area contributed by atoms with E-state index in [1.54, 1.807) is 0 Å². The van der Waals surface area contributed by atoms with Crippen molar-refractivity contribution in [2.24, 2.45) is 0 Å². The number of hydrogen-bond donors (Lipinski definition) is 1. The highest BCUT2D eigenvalue weighted by Crippen LogP contribution is 2.26. The highest BCUT2D eigenvalue weighted by Gasteiger charge is 2.37. The van der Waals surface area contributed by atoms with Gasteiger partial charge in [0, 0.05) is 30.3 Å². The minimum absolute atomic E-state index is 0.0334. The van der Waals surface area contributed by atoms with Crippen LogP contribution in [-0.2, 0) is 27.1 Å². The van der Waals surface area contributed by atoms with Crippen LogP contribution in [0.4, 0.5) is 0 Å². The molecule has 3 heterocycles. The monoisotopic (exact) mass is 328 g/mol. The predicted molar refractivity (Wildman–Crippen MR) is 92.1 cm³/mol. The van der Waals surface area contributed by atoms with Gasteiger partial charge in [-0.2, -0.15) is 0 Å². The average molecular weight is 328 g/mol. The molecular weight excluding hydrogens is 304 g/mol. The summed E-state index contributed by atoms with van der Waals surface area (Å²) in [5.74, 6) is 0.193. The lowest BCUT2D eigenvalue weighted by Crippen LogP contribution is -2.57. The van der Waals surface area contributed by atoms with Crippen LogP contribution in [0, 0.1) is 0 Å². The van der Waals surface area contributed by atoms with Gasteiger partial charge in [-0.1, -0.05) is 25.1 Å². The van der Waals surface area contributed by atoms with E-state index in [-0.39, 0.29) is 18.1 Å². The number of nitrogens with one attached hydrogen (secondary N) is 1. The van der Waals surface area contributed by atoms with E-state index >= 15 is 0 Å². The van der Waals surface area contributed by atoms with E-state index in [1.807, 2.05) is 11.1 Å². The van der Waals surface area contributed by atoms with Crippen molar-refractivity contribution < 1.29 is 14.3 Å². The number of aromatic nitrogens is 1. The summed E-state index contributed by atoms with van der Waals surface area (Å²) in [5, 5.41) is 1.17. The number of carbonyl (C=O) groups excluding carboxylic acids is 1. The molecule has 4 rings (SSSR count). The third kappa shape index (κ3) is 2.72. The van der Waals surface area contributed by atoms with Gasteiger partial charge >= 0.3 is 0 Å². The number of fused-ring (bicyclic) bond motifs is 2. The van der Waals surface area contributed by atoms with Crippen LogP contribution in [0.5, 0.6) is 0 Å². The van der Waals surface area contributed by atoms with Gasteiger partial charge < -0.3 is 19.4 Å². The zero-order valence-corrected chi connectivity index (χ0v) is 14.1. The van der Waals surface area contributed by atoms with Gasteiger partial charge in [-0.3, -0.25) is 4.79 Å². The fourth-order valence-corrected chi connectivity index (χ4v) is 3.97. The predicted octanol–water partition coefficient (Wildman–Crippen LogP) is 2.29. The van der Waals surface area contributed by atoms with Gasteiger partial charge in [-0.05, 0) is 24.0 Å². The van der Waals surface area contributed by atoms with Gasteiger partial charge in [0.1, 0.15) is 6.10 Å². The van der Waals surface area contributed by atoms with E-state index in [0.29, 0.717) is 32.8 Å². The van der Waals surface area contributed by atoms with Crippen LogP contribution in [-0.4, -0.2) is 54.3 Å². The molecule has 0 saturated carbocycles. The van der Waals surface area contributed by atoms with Crippen molar-refractivity contribution >= 4 is 16.8 Å². The number of morpholine rings is 1. The highest BCUT2D eigenvalue weighted by molar-refractivity contribution is 5.90. The first-order chi connectivity index (χ1) is 11.8. The number of amides is 1. The van der Waals surface area contributed by atoms with Gasteiger partial charge in [0.15, 0.2) is 0 Å². The first kappa shape index (κ1) is 15.7. The molecule has 2 aliphatic heterocycles. The van der Waals surface area contributed by atoms with E-state index in [0.717, 1.165) is 23.9 Å². The number of hydrogen-bond acceptors (Lipinski definition) is 3. The number of benzene rings is 1. The number of ether oxygens (including phenoxy) is 2. The van der Waals surface area contributed by atoms with Gasteiger partial charge in [-0.25, -0.2) is 0 Å². The Balaban J connectivity index is 1.55. The topological polar surface area (TPSA) is 54.6 Å². The Bertz CT molecular complexity index is 737. The van der Waals surface area contributed by atoms with Crippen LogP contribution < -0.4 is 0 Å². The smallest absolute Gasteiger partial charge is 0.227 e. The van der Waals surface area contributed by atoms with Crippen molar-refractivity contribution in [1.29, 1.82) is 0 Å². The first-order valence-electron chi connectivity index (χ1n) is 8.84. The molecule has 128 valence electrons. The second-order valence-electron chi connectivity index (χ2n) is 6.61. The number of rotatable bonds is 3. The number of aryl methyl sites for hydroxylation is 1. The molecule has 2 aromatic rings. The molecule has 0 bridgehead atoms. The Labute approximate surface area is 141 Å². The van der Waals surface area contributed by atoms with Crippen LogP contribution in [0.1, 0.15) is 24.5 Å². The maximum atomic E-state index is 12.9. The summed E-state index contributed by atoms with van der Waals surface area (Å²) in [7, 11) is 0. The zero-order chi connectivity index (χ0) is 16.5. The summed E-state index contributed by atoms with van der Waals surface area (Å²) in [6.45, 7) is 4.74. The van der Waals surface area contributed by atoms with E-state index in [1.165, 1.54) is 10.9 Å². The Morgan fingerprint density at radius 1 is 1.33 bits per heavy atom. The lowest BCUT2D eigenvalue weighted by molar-refractivity contribution is -0.161. The molecule has 2 fully saturated rings. The van der Waals surface area contributed by atoms with Crippen molar-refractivity contribution in [2.75, 3.05) is 26.4 Å². The lowest BCUT2D eigenvalue weighted by Gasteiger charge is -2.43. The summed E-state index contributed by atoms with van der Waals surface area (Å²) in [6, 6.07) is 6.48. The van der Waals surface area contributed by atoms with Crippen molar-refractivity contribution in [1.82, 2.24) is 9.88 Å². The Morgan fingerprint density at radius 2 is 2.25 bits per heavy atom. The summed E-state index contributed by atoms with van der Waals surface area (Å²) in [5.41, 5.74) is 3.54. The first-order valence-corrected chi connectivity index (χ1v) is 8.84. The molecule has 0 aliphatic carbocycles. The minimum Gasteiger partial charge on any atom is -0.379 e. The largest absolute Gasteiger partial charge is 0.379 e. The quantitative estimate of drug-likeness (QED) is 0.940. The van der Waals surface area contributed by atoms with E-state index < -0.39 is 0 Å². The van der Waals surface area contributed by atoms with Crippen LogP contribution >= 0.6 is 0 Å². The standard InChI is InChI=1S/C19H24N2O3/c1-2-13-4-3-5-15-14(11-20-19(13)15)10-18(22)21-7-9-24-17-12-23-8-6-16(17)21/h3-5,11,16-17,20H,2,6-10,12H2,1H3/t16-,17+/m0/s1. The molecule has 0 radical (unpaired) electrons. The van der Waals surface area contributed by atoms with E-state index in [4.69, 9.17) is 9.47 Å². The number of carbonyl (C=O) groups is 1. The summed E-state index contributed by atoms with van der Waals surface area (Å²) < 4.78 is 11.3. The Hall–Kier alpha value is -1.85. The SMILES string of the molecule is CCc1cccc2c(CC(=O)N3CCO[C@@H]4COCC[C@@H]43)c[nH]c12. The molecule has 1 amide bonds. The summed E-state index contributed by atoms with van der Waals surface area (Å²) in [6.07, 6.45) is 4.31. The molecule has 0 spiro atoms. The van der Waals surface area contributed by atoms with Crippen LogP contribution in [0.2, 0.25) is 0 Å². The fourth-order valence-electron chi connectivity index (χ4n) is 3.97. The summed E-state index contributed by atoms with van der Waals surface area (Å²) >= 11 is 0. The van der Waals surface area contributed by atoms with Crippen molar-refractivity contribution in [3.05, 3.63) is 35.5 Å². The fraction of sp³-hybridized carbons (Fsp3) is 0.526. The molecule has 2 aliphatic rings. The van der Waals surface area contributed by atoms with E-state index in [9.17, 15) is 4.79 Å². The average Bonchev–Trinajstić information content (AvgIpc) is 3.04. The molecule has 5 nitrogen and oxygen atoms in total. The number of aromatic amines is 1. The van der Waals surface area contributed by atoms with Crippen LogP contribution in [0.3, 0.4) is 0 Å². The normalized spacial score (nSPS) is 24.1. The third-order valence-corrected chi connectivity index (χ3v) is 5.26. The van der Waals surface area contributed by atoms with Gasteiger partial charge in [-0.15, -0.1) is 0 Å². The highest BCUT2D eigenvalue weighted by atomic mass is 16.5. The zero-order valence-electron chi connectivity index (χ0n) is 14.1. The molecular formula is C19H24N2O3. The number of nitrogens with zero attached hydrogens (tertiary/aromatic N) is 1. The number of H-pyrrole nitrogens is 1. The van der Waals surface area contributed by atoms with E-state index in [2.05, 4.69) is 30.1 Å². The molecule has 24 heavy (non-hydrogen) atoms. The molecule has 1 aromatic carbocycles. The molecule has 2 atom stereocenters. The maximum Gasteiger partial charge on any atom is 0.227 e. The van der Waals surface area contributed by atoms with Gasteiger partial charge in [0.05, 0.1) is 25.7 Å². The van der Waals surface area contributed by atoms with Crippen molar-refractivity contribution in [3.8, 4) is 0 Å². The Kier molecular flexibility index (Phi) is 4.29. The molecule has 0 unspecified atom stereocenters. The molecule has 1 aromatic heterocycles. The van der Waals surface area contributed by atoms with Crippen LogP contribution in [0.15, 0.2) is 24.4 Å². The maximum absolute atomic E-state index is 12.9. The molecule has 2 saturated heterocycles. The minimum atomic E-state index is 0.0334. The molecule has 1 N–H and O–H groups in total. The lowest BCUT2D eigenvalue weighted by atomic mass is 10.0. The second kappa shape index (κ2) is 6.57.